The molecule has 1 aliphatic rings. The Morgan fingerprint density at radius 2 is 1.62 bits per heavy atom. The zero-order valence-electron chi connectivity index (χ0n) is 16.6. The van der Waals surface area contributed by atoms with E-state index < -0.39 is 0 Å². The van der Waals surface area contributed by atoms with Crippen LogP contribution < -0.4 is 5.32 Å². The summed E-state index contributed by atoms with van der Waals surface area (Å²) in [6, 6.07) is 8.99. The molecule has 8 nitrogen and oxygen atoms in total. The van der Waals surface area contributed by atoms with Crippen LogP contribution in [-0.4, -0.2) is 65.5 Å². The molecule has 2 heterocycles. The van der Waals surface area contributed by atoms with Crippen molar-refractivity contribution in [2.75, 3.05) is 38.1 Å². The van der Waals surface area contributed by atoms with Crippen LogP contribution in [0.5, 0.6) is 0 Å². The zero-order chi connectivity index (χ0) is 20.8. The average Bonchev–Trinajstić information content (AvgIpc) is 2.75. The van der Waals surface area contributed by atoms with Crippen molar-refractivity contribution in [3.63, 3.8) is 0 Å². The van der Waals surface area contributed by atoms with Crippen molar-refractivity contribution in [2.45, 2.75) is 13.8 Å². The van der Waals surface area contributed by atoms with Gasteiger partial charge in [-0.15, -0.1) is 0 Å². The summed E-state index contributed by atoms with van der Waals surface area (Å²) in [6.07, 6.45) is 2.51. The third-order valence-electron chi connectivity index (χ3n) is 4.65. The van der Waals surface area contributed by atoms with E-state index >= 15 is 0 Å². The third-order valence-corrected chi connectivity index (χ3v) is 4.65. The Morgan fingerprint density at radius 1 is 1.00 bits per heavy atom. The standard InChI is InChI=1S/C21H24N4O4/c1-3-29-21(28)25-10-8-24(9-11-25)20(27)17-12-16(13-22-14-17)19(26)23-18-6-4-15(2)5-7-18/h4-7,12-14H,3,8-11H2,1-2H3,(H,23,26). The van der Waals surface area contributed by atoms with Gasteiger partial charge < -0.3 is 19.9 Å². The van der Waals surface area contributed by atoms with Crippen molar-refractivity contribution in [1.82, 2.24) is 14.8 Å². The number of nitrogens with one attached hydrogen (secondary N) is 1. The van der Waals surface area contributed by atoms with Gasteiger partial charge >= 0.3 is 6.09 Å². The van der Waals surface area contributed by atoms with E-state index in [0.717, 1.165) is 5.56 Å². The van der Waals surface area contributed by atoms with Crippen molar-refractivity contribution < 1.29 is 19.1 Å². The van der Waals surface area contributed by atoms with Crippen LogP contribution in [0, 0.1) is 6.92 Å². The first-order valence-corrected chi connectivity index (χ1v) is 9.52. The second kappa shape index (κ2) is 9.18. The first kappa shape index (κ1) is 20.3. The van der Waals surface area contributed by atoms with E-state index in [9.17, 15) is 14.4 Å². The van der Waals surface area contributed by atoms with Gasteiger partial charge in [0.15, 0.2) is 0 Å². The molecule has 1 saturated heterocycles. The van der Waals surface area contributed by atoms with Gasteiger partial charge in [0.25, 0.3) is 11.8 Å². The Bertz CT molecular complexity index is 890. The minimum Gasteiger partial charge on any atom is -0.450 e. The number of piperazine rings is 1. The molecule has 1 aliphatic heterocycles. The zero-order valence-corrected chi connectivity index (χ0v) is 16.6. The van der Waals surface area contributed by atoms with E-state index in [4.69, 9.17) is 4.74 Å². The SMILES string of the molecule is CCOC(=O)N1CCN(C(=O)c2cncc(C(=O)Nc3ccc(C)cc3)c2)CC1. The molecule has 0 spiro atoms. The minimum atomic E-state index is -0.365. The largest absolute Gasteiger partial charge is 0.450 e. The van der Waals surface area contributed by atoms with Crippen LogP contribution in [0.1, 0.15) is 33.2 Å². The van der Waals surface area contributed by atoms with E-state index in [1.807, 2.05) is 31.2 Å². The first-order valence-electron chi connectivity index (χ1n) is 9.52. The van der Waals surface area contributed by atoms with Crippen LogP contribution in [0.15, 0.2) is 42.7 Å². The van der Waals surface area contributed by atoms with Gasteiger partial charge in [-0.1, -0.05) is 17.7 Å². The van der Waals surface area contributed by atoms with E-state index in [-0.39, 0.29) is 17.9 Å². The van der Waals surface area contributed by atoms with Gasteiger partial charge in [0.2, 0.25) is 0 Å². The van der Waals surface area contributed by atoms with Crippen molar-refractivity contribution in [3.8, 4) is 0 Å². The number of pyridine rings is 1. The number of hydrogen-bond donors (Lipinski definition) is 1. The van der Waals surface area contributed by atoms with Crippen molar-refractivity contribution in [1.29, 1.82) is 0 Å². The Balaban J connectivity index is 1.63. The molecule has 0 bridgehead atoms. The highest BCUT2D eigenvalue weighted by atomic mass is 16.6. The number of carbonyl (C=O) groups excluding carboxylic acids is 3. The molecule has 3 amide bonds. The summed E-state index contributed by atoms with van der Waals surface area (Å²) >= 11 is 0. The van der Waals surface area contributed by atoms with Gasteiger partial charge in [-0.3, -0.25) is 14.6 Å². The third kappa shape index (κ3) is 5.10. The molecule has 0 saturated carbocycles. The summed E-state index contributed by atoms with van der Waals surface area (Å²) in [5.74, 6) is -0.547. The Kier molecular flexibility index (Phi) is 6.43. The number of aryl methyl sites for hydroxylation is 1. The molecule has 1 N–H and O–H groups in total. The van der Waals surface area contributed by atoms with Crippen LogP contribution >= 0.6 is 0 Å². The van der Waals surface area contributed by atoms with Gasteiger partial charge in [0, 0.05) is 44.3 Å². The smallest absolute Gasteiger partial charge is 0.409 e. The lowest BCUT2D eigenvalue weighted by Gasteiger charge is -2.34. The Morgan fingerprint density at radius 3 is 2.28 bits per heavy atom. The molecule has 8 heteroatoms. The van der Waals surface area contributed by atoms with Crippen LogP contribution in [0.2, 0.25) is 0 Å². The fourth-order valence-corrected chi connectivity index (χ4v) is 3.01. The summed E-state index contributed by atoms with van der Waals surface area (Å²) in [7, 11) is 0. The number of amides is 3. The summed E-state index contributed by atoms with van der Waals surface area (Å²) in [5, 5.41) is 2.80. The molecule has 1 aromatic heterocycles. The number of benzene rings is 1. The number of carbonyl (C=O) groups is 3. The van der Waals surface area contributed by atoms with Gasteiger partial charge in [0.05, 0.1) is 17.7 Å². The van der Waals surface area contributed by atoms with E-state index in [0.29, 0.717) is 49.6 Å². The molecule has 2 aromatic rings. The Hall–Kier alpha value is -3.42. The van der Waals surface area contributed by atoms with Gasteiger partial charge in [0.1, 0.15) is 0 Å². The number of hydrogen-bond acceptors (Lipinski definition) is 5. The second-order valence-corrected chi connectivity index (χ2v) is 6.76. The lowest BCUT2D eigenvalue weighted by molar-refractivity contribution is 0.0570. The highest BCUT2D eigenvalue weighted by molar-refractivity contribution is 6.05. The van der Waals surface area contributed by atoms with Crippen LogP contribution in [0.4, 0.5) is 10.5 Å². The topological polar surface area (TPSA) is 91.8 Å². The number of nitrogens with zero attached hydrogens (tertiary/aromatic N) is 3. The molecule has 29 heavy (non-hydrogen) atoms. The molecule has 3 rings (SSSR count). The molecule has 152 valence electrons. The van der Waals surface area contributed by atoms with Crippen LogP contribution in [-0.2, 0) is 4.74 Å². The highest BCUT2D eigenvalue weighted by Crippen LogP contribution is 2.13. The molecule has 0 aliphatic carbocycles. The normalized spacial score (nSPS) is 13.7. The summed E-state index contributed by atoms with van der Waals surface area (Å²) < 4.78 is 4.99. The molecule has 1 aromatic carbocycles. The maximum absolute atomic E-state index is 12.8. The van der Waals surface area contributed by atoms with Gasteiger partial charge in [-0.25, -0.2) is 4.79 Å². The fourth-order valence-electron chi connectivity index (χ4n) is 3.01. The molecule has 0 unspecified atom stereocenters. The second-order valence-electron chi connectivity index (χ2n) is 6.76. The predicted molar refractivity (Wildman–Crippen MR) is 108 cm³/mol. The maximum Gasteiger partial charge on any atom is 0.409 e. The van der Waals surface area contributed by atoms with Crippen LogP contribution in [0.3, 0.4) is 0 Å². The number of aromatic nitrogens is 1. The molecule has 0 radical (unpaired) electrons. The van der Waals surface area contributed by atoms with E-state index in [2.05, 4.69) is 10.3 Å². The molecule has 1 fully saturated rings. The molecule has 0 atom stereocenters. The maximum atomic E-state index is 12.8. The lowest BCUT2D eigenvalue weighted by Crippen LogP contribution is -2.50. The Labute approximate surface area is 169 Å². The first-order chi connectivity index (χ1) is 14.0. The van der Waals surface area contributed by atoms with Crippen molar-refractivity contribution in [3.05, 3.63) is 59.4 Å². The lowest BCUT2D eigenvalue weighted by atomic mass is 10.1. The van der Waals surface area contributed by atoms with E-state index in [1.165, 1.54) is 18.5 Å². The predicted octanol–water partition coefficient (Wildman–Crippen LogP) is 2.56. The summed E-state index contributed by atoms with van der Waals surface area (Å²) in [6.45, 7) is 5.66. The minimum absolute atomic E-state index is 0.217. The van der Waals surface area contributed by atoms with Crippen LogP contribution in [0.25, 0.3) is 0 Å². The van der Waals surface area contributed by atoms with Crippen molar-refractivity contribution >= 4 is 23.6 Å². The van der Waals surface area contributed by atoms with Crippen molar-refractivity contribution in [2.24, 2.45) is 0 Å². The monoisotopic (exact) mass is 396 g/mol. The molecular formula is C21H24N4O4. The highest BCUT2D eigenvalue weighted by Gasteiger charge is 2.26. The van der Waals surface area contributed by atoms with E-state index in [1.54, 1.807) is 16.7 Å². The average molecular weight is 396 g/mol. The quantitative estimate of drug-likeness (QED) is 0.858. The fraction of sp³-hybridized carbons (Fsp3) is 0.333. The number of rotatable bonds is 4. The van der Waals surface area contributed by atoms with Gasteiger partial charge in [-0.2, -0.15) is 0 Å². The van der Waals surface area contributed by atoms with Gasteiger partial charge in [-0.05, 0) is 32.0 Å². The number of anilines is 1. The summed E-state index contributed by atoms with van der Waals surface area (Å²) in [4.78, 5) is 44.3. The summed E-state index contributed by atoms with van der Waals surface area (Å²) in [5.41, 5.74) is 2.42. The molecular weight excluding hydrogens is 372 g/mol. The number of ether oxygens (including phenoxy) is 1.